The first-order valence-electron chi connectivity index (χ1n) is 13.6. The molecular weight excluding hydrogens is 569 g/mol. The fraction of sp³-hybridized carbons (Fsp3) is 0.483. The number of hydrogen-bond donors (Lipinski definition) is 4. The zero-order valence-corrected chi connectivity index (χ0v) is 25.6. The molecule has 2 unspecified atom stereocenters. The van der Waals surface area contributed by atoms with E-state index in [0.717, 1.165) is 13.3 Å². The van der Waals surface area contributed by atoms with Crippen molar-refractivity contribution in [2.24, 2.45) is 5.92 Å². The number of nitrogens with one attached hydrogen (secondary N) is 2. The van der Waals surface area contributed by atoms with E-state index in [1.54, 1.807) is 6.07 Å². The predicted molar refractivity (Wildman–Crippen MR) is 159 cm³/mol. The average molecular weight is 610 g/mol. The third kappa shape index (κ3) is 10.4. The van der Waals surface area contributed by atoms with Crippen LogP contribution >= 0.6 is 12.6 Å². The number of rotatable bonds is 15. The number of amides is 3. The molecule has 0 aliphatic heterocycles. The Hall–Kier alpha value is -2.96. The number of halogens is 1. The van der Waals surface area contributed by atoms with Crippen molar-refractivity contribution in [3.05, 3.63) is 53.8 Å². The maximum absolute atomic E-state index is 15.3. The number of aliphatic hydroxyl groups is 1. The number of benzene rings is 2. The molecule has 2 aromatic rings. The van der Waals surface area contributed by atoms with Crippen LogP contribution in [0.4, 0.5) is 4.39 Å². The zero-order valence-electron chi connectivity index (χ0n) is 23.9. The standard InChI is InChI=1S/C29H40FN3O6S2/c1-5-8-28(36)33(14-13-27(35)31-23(18-40)15-19(2)3)17-22-12-11-21(16-25(22)30)24-9-6-7-10-26(24)41(38,39)32-29(37)20(4)34/h6-7,9-12,16,19-20,23,34,40H,5,8,13-15,17-18H2,1-4H3,(H,31,35)(H,32,37). The quantitative estimate of drug-likeness (QED) is 0.228. The van der Waals surface area contributed by atoms with Gasteiger partial charge in [-0.1, -0.05) is 51.1 Å². The molecule has 0 heterocycles. The van der Waals surface area contributed by atoms with Gasteiger partial charge in [-0.15, -0.1) is 0 Å². The second-order valence-electron chi connectivity index (χ2n) is 10.3. The molecule has 0 aliphatic rings. The second kappa shape index (κ2) is 15.9. The Morgan fingerprint density at radius 1 is 1.07 bits per heavy atom. The van der Waals surface area contributed by atoms with Gasteiger partial charge in [0.2, 0.25) is 11.8 Å². The number of carbonyl (C=O) groups excluding carboxylic acids is 3. The first-order chi connectivity index (χ1) is 19.3. The molecule has 0 fully saturated rings. The molecule has 0 spiro atoms. The third-order valence-corrected chi connectivity index (χ3v) is 8.13. The van der Waals surface area contributed by atoms with E-state index in [-0.39, 0.29) is 65.4 Å². The maximum Gasteiger partial charge on any atom is 0.264 e. The van der Waals surface area contributed by atoms with E-state index in [1.165, 1.54) is 41.3 Å². The number of thiol groups is 1. The van der Waals surface area contributed by atoms with Crippen molar-refractivity contribution < 1.29 is 32.3 Å². The molecule has 0 bridgehead atoms. The Morgan fingerprint density at radius 2 is 1.76 bits per heavy atom. The molecule has 0 saturated carbocycles. The molecule has 9 nitrogen and oxygen atoms in total. The largest absolute Gasteiger partial charge is 0.384 e. The van der Waals surface area contributed by atoms with Gasteiger partial charge in [-0.3, -0.25) is 14.4 Å². The molecule has 0 saturated heterocycles. The summed E-state index contributed by atoms with van der Waals surface area (Å²) in [6, 6.07) is 9.87. The van der Waals surface area contributed by atoms with Gasteiger partial charge < -0.3 is 15.3 Å². The van der Waals surface area contributed by atoms with E-state index in [4.69, 9.17) is 0 Å². The predicted octanol–water partition coefficient (Wildman–Crippen LogP) is 3.66. The first-order valence-corrected chi connectivity index (χ1v) is 15.7. The Morgan fingerprint density at radius 3 is 2.34 bits per heavy atom. The van der Waals surface area contributed by atoms with Crippen LogP contribution in [0.15, 0.2) is 47.4 Å². The fourth-order valence-corrected chi connectivity index (χ4v) is 5.73. The normalized spacial score (nSPS) is 13.0. The summed E-state index contributed by atoms with van der Waals surface area (Å²) in [5.41, 5.74) is 0.597. The van der Waals surface area contributed by atoms with E-state index in [1.807, 2.05) is 11.6 Å². The fourth-order valence-electron chi connectivity index (χ4n) is 4.21. The van der Waals surface area contributed by atoms with E-state index in [0.29, 0.717) is 18.1 Å². The van der Waals surface area contributed by atoms with Crippen LogP contribution in [-0.2, 0) is 31.0 Å². The highest BCUT2D eigenvalue weighted by Crippen LogP contribution is 2.29. The number of nitrogens with zero attached hydrogens (tertiary/aromatic N) is 1. The number of hydrogen-bond acceptors (Lipinski definition) is 7. The van der Waals surface area contributed by atoms with Crippen LogP contribution in [0.25, 0.3) is 11.1 Å². The lowest BCUT2D eigenvalue weighted by Gasteiger charge is -2.24. The lowest BCUT2D eigenvalue weighted by atomic mass is 10.0. The van der Waals surface area contributed by atoms with Crippen molar-refractivity contribution in [3.63, 3.8) is 0 Å². The second-order valence-corrected chi connectivity index (χ2v) is 12.4. The highest BCUT2D eigenvalue weighted by molar-refractivity contribution is 7.90. The minimum Gasteiger partial charge on any atom is -0.384 e. The monoisotopic (exact) mass is 609 g/mol. The van der Waals surface area contributed by atoms with Crippen LogP contribution < -0.4 is 10.0 Å². The van der Waals surface area contributed by atoms with Crippen molar-refractivity contribution >= 4 is 40.4 Å². The number of sulfonamides is 1. The van der Waals surface area contributed by atoms with Gasteiger partial charge in [0.15, 0.2) is 0 Å². The summed E-state index contributed by atoms with van der Waals surface area (Å²) < 4.78 is 42.8. The molecule has 0 aliphatic carbocycles. The molecule has 3 amide bonds. The van der Waals surface area contributed by atoms with E-state index in [9.17, 15) is 27.9 Å². The Labute approximate surface area is 247 Å². The topological polar surface area (TPSA) is 133 Å². The SMILES string of the molecule is CCCC(=O)N(CCC(=O)NC(CS)CC(C)C)Cc1ccc(-c2ccccc2S(=O)(=O)NC(=O)C(C)O)cc1F. The summed E-state index contributed by atoms with van der Waals surface area (Å²) in [5, 5.41) is 12.3. The van der Waals surface area contributed by atoms with Gasteiger partial charge in [0.1, 0.15) is 11.9 Å². The van der Waals surface area contributed by atoms with E-state index >= 15 is 4.39 Å². The Kier molecular flexibility index (Phi) is 13.3. The average Bonchev–Trinajstić information content (AvgIpc) is 2.90. The minimum absolute atomic E-state index is 0.0565. The number of aliphatic hydroxyl groups excluding tert-OH is 1. The van der Waals surface area contributed by atoms with Crippen LogP contribution in [0.3, 0.4) is 0 Å². The van der Waals surface area contributed by atoms with Crippen molar-refractivity contribution in [2.75, 3.05) is 12.3 Å². The van der Waals surface area contributed by atoms with Crippen molar-refractivity contribution in [1.29, 1.82) is 0 Å². The van der Waals surface area contributed by atoms with Gasteiger partial charge in [-0.25, -0.2) is 17.5 Å². The van der Waals surface area contributed by atoms with Crippen LogP contribution in [0, 0.1) is 11.7 Å². The van der Waals surface area contributed by atoms with Gasteiger partial charge in [0, 0.05) is 48.9 Å². The molecule has 0 radical (unpaired) electrons. The smallest absolute Gasteiger partial charge is 0.264 e. The highest BCUT2D eigenvalue weighted by atomic mass is 32.2. The molecule has 2 rings (SSSR count). The summed E-state index contributed by atoms with van der Waals surface area (Å²) >= 11 is 4.31. The minimum atomic E-state index is -4.35. The Balaban J connectivity index is 2.26. The third-order valence-electron chi connectivity index (χ3n) is 6.28. The first kappa shape index (κ1) is 34.2. The van der Waals surface area contributed by atoms with Gasteiger partial charge in [0.05, 0.1) is 4.90 Å². The molecule has 12 heteroatoms. The molecular formula is C29H40FN3O6S2. The van der Waals surface area contributed by atoms with Crippen LogP contribution in [0.2, 0.25) is 0 Å². The van der Waals surface area contributed by atoms with Crippen LogP contribution in [-0.4, -0.2) is 60.6 Å². The summed E-state index contributed by atoms with van der Waals surface area (Å²) in [7, 11) is -4.35. The van der Waals surface area contributed by atoms with Gasteiger partial charge in [-0.2, -0.15) is 12.6 Å². The summed E-state index contributed by atoms with van der Waals surface area (Å²) in [6.45, 7) is 7.15. The molecule has 2 atom stereocenters. The molecule has 2 aromatic carbocycles. The summed E-state index contributed by atoms with van der Waals surface area (Å²) in [6.07, 6.45) is 0.138. The van der Waals surface area contributed by atoms with Crippen molar-refractivity contribution in [3.8, 4) is 11.1 Å². The molecule has 226 valence electrons. The van der Waals surface area contributed by atoms with Gasteiger partial charge in [-0.05, 0) is 43.4 Å². The maximum atomic E-state index is 15.3. The van der Waals surface area contributed by atoms with E-state index in [2.05, 4.69) is 31.8 Å². The van der Waals surface area contributed by atoms with E-state index < -0.39 is 27.9 Å². The van der Waals surface area contributed by atoms with Gasteiger partial charge in [0.25, 0.3) is 15.9 Å². The lowest BCUT2D eigenvalue weighted by molar-refractivity contribution is -0.132. The van der Waals surface area contributed by atoms with Crippen molar-refractivity contribution in [1.82, 2.24) is 14.9 Å². The van der Waals surface area contributed by atoms with Gasteiger partial charge >= 0.3 is 0 Å². The zero-order chi connectivity index (χ0) is 30.7. The lowest BCUT2D eigenvalue weighted by Crippen LogP contribution is -2.40. The summed E-state index contributed by atoms with van der Waals surface area (Å²) in [5.74, 6) is -1.29. The molecule has 3 N–H and O–H groups in total. The van der Waals surface area contributed by atoms with Crippen LogP contribution in [0.1, 0.15) is 58.9 Å². The molecule has 41 heavy (non-hydrogen) atoms. The Bertz CT molecular complexity index is 1320. The van der Waals surface area contributed by atoms with Crippen LogP contribution in [0.5, 0.6) is 0 Å². The molecule has 0 aromatic heterocycles. The highest BCUT2D eigenvalue weighted by Gasteiger charge is 2.24. The van der Waals surface area contributed by atoms with Crippen molar-refractivity contribution in [2.45, 2.75) is 77.0 Å². The number of carbonyl (C=O) groups is 3. The summed E-state index contributed by atoms with van der Waals surface area (Å²) in [4.78, 5) is 38.4.